The van der Waals surface area contributed by atoms with Gasteiger partial charge in [0.15, 0.2) is 0 Å². The smallest absolute Gasteiger partial charge is 0.0465 e. The van der Waals surface area contributed by atoms with E-state index in [1.165, 1.54) is 27.8 Å². The highest BCUT2D eigenvalue weighted by molar-refractivity contribution is 9.10. The van der Waals surface area contributed by atoms with Gasteiger partial charge in [-0.05, 0) is 73.9 Å². The molecule has 2 heteroatoms. The van der Waals surface area contributed by atoms with Crippen molar-refractivity contribution >= 4 is 15.9 Å². The molecule has 112 valence electrons. The highest BCUT2D eigenvalue weighted by Crippen LogP contribution is 2.23. The van der Waals surface area contributed by atoms with Gasteiger partial charge < -0.3 is 5.11 Å². The molecule has 1 N–H and O–H groups in total. The van der Waals surface area contributed by atoms with Crippen LogP contribution in [0.3, 0.4) is 0 Å². The Morgan fingerprint density at radius 1 is 1.00 bits per heavy atom. The molecule has 1 nitrogen and oxygen atoms in total. The molecule has 0 aliphatic heterocycles. The van der Waals surface area contributed by atoms with Gasteiger partial charge in [0.05, 0.1) is 0 Å². The Hall–Kier alpha value is -1.12. The molecule has 2 aromatic rings. The maximum absolute atomic E-state index is 9.74. The van der Waals surface area contributed by atoms with Gasteiger partial charge in [-0.3, -0.25) is 0 Å². The molecule has 0 aliphatic rings. The number of hydrogen-bond acceptors (Lipinski definition) is 1. The maximum Gasteiger partial charge on any atom is 0.0465 e. The normalized spacial score (nSPS) is 12.4. The first-order valence-electron chi connectivity index (χ1n) is 7.41. The Kier molecular flexibility index (Phi) is 5.60. The molecule has 0 bridgehead atoms. The van der Waals surface area contributed by atoms with E-state index in [0.29, 0.717) is 0 Å². The number of aryl methyl sites for hydroxylation is 3. The second-order valence-electron chi connectivity index (χ2n) is 5.96. The van der Waals surface area contributed by atoms with Gasteiger partial charge in [0, 0.05) is 11.1 Å². The van der Waals surface area contributed by atoms with Crippen LogP contribution in [-0.2, 0) is 12.8 Å². The number of halogens is 1. The number of hydrogen-bond donors (Lipinski definition) is 1. The fraction of sp³-hybridized carbons (Fsp3) is 0.368. The zero-order valence-electron chi connectivity index (χ0n) is 13.0. The van der Waals surface area contributed by atoms with Crippen molar-refractivity contribution < 1.29 is 5.11 Å². The molecule has 0 aromatic heterocycles. The van der Waals surface area contributed by atoms with E-state index in [9.17, 15) is 5.11 Å². The molecule has 0 amide bonds. The SMILES string of the molecule is Cc1cc(C)c(CC(CO)Cc2cccc(Br)c2)c(C)c1. The van der Waals surface area contributed by atoms with E-state index in [4.69, 9.17) is 0 Å². The topological polar surface area (TPSA) is 20.2 Å². The predicted octanol–water partition coefficient (Wildman–Crippen LogP) is 4.77. The summed E-state index contributed by atoms with van der Waals surface area (Å²) < 4.78 is 1.10. The molecular weight excluding hydrogens is 324 g/mol. The molecule has 0 radical (unpaired) electrons. The fourth-order valence-electron chi connectivity index (χ4n) is 3.02. The molecule has 21 heavy (non-hydrogen) atoms. The largest absolute Gasteiger partial charge is 0.396 e. The predicted molar refractivity (Wildman–Crippen MR) is 92.8 cm³/mol. The minimum Gasteiger partial charge on any atom is -0.396 e. The highest BCUT2D eigenvalue weighted by Gasteiger charge is 2.13. The average Bonchev–Trinajstić information content (AvgIpc) is 2.41. The molecule has 0 spiro atoms. The maximum atomic E-state index is 9.74. The van der Waals surface area contributed by atoms with Crippen LogP contribution in [0.1, 0.15) is 27.8 Å². The van der Waals surface area contributed by atoms with Crippen molar-refractivity contribution in [3.05, 3.63) is 68.7 Å². The zero-order chi connectivity index (χ0) is 15.4. The van der Waals surface area contributed by atoms with Gasteiger partial charge in [-0.25, -0.2) is 0 Å². The standard InChI is InChI=1S/C19H23BrO/c1-13-7-14(2)19(15(3)8-13)11-17(12-21)9-16-5-4-6-18(20)10-16/h4-8,10,17,21H,9,11-12H2,1-3H3. The first kappa shape index (κ1) is 16.3. The lowest BCUT2D eigenvalue weighted by Gasteiger charge is -2.18. The number of benzene rings is 2. The summed E-state index contributed by atoms with van der Waals surface area (Å²) >= 11 is 3.51. The van der Waals surface area contributed by atoms with E-state index in [-0.39, 0.29) is 12.5 Å². The lowest BCUT2D eigenvalue weighted by molar-refractivity contribution is 0.224. The van der Waals surface area contributed by atoms with Crippen molar-refractivity contribution in [2.75, 3.05) is 6.61 Å². The van der Waals surface area contributed by atoms with Crippen LogP contribution in [0.25, 0.3) is 0 Å². The minimum atomic E-state index is 0.221. The first-order chi connectivity index (χ1) is 9.99. The monoisotopic (exact) mass is 346 g/mol. The summed E-state index contributed by atoms with van der Waals surface area (Å²) in [7, 11) is 0. The van der Waals surface area contributed by atoms with Gasteiger partial charge >= 0.3 is 0 Å². The number of aliphatic hydroxyl groups is 1. The summed E-state index contributed by atoms with van der Waals surface area (Å²) in [4.78, 5) is 0. The molecule has 1 atom stereocenters. The third-order valence-corrected chi connectivity index (χ3v) is 4.50. The fourth-order valence-corrected chi connectivity index (χ4v) is 3.47. The van der Waals surface area contributed by atoms with Crippen LogP contribution in [0.15, 0.2) is 40.9 Å². The second kappa shape index (κ2) is 7.24. The lowest BCUT2D eigenvalue weighted by Crippen LogP contribution is -2.14. The summed E-state index contributed by atoms with van der Waals surface area (Å²) in [6, 6.07) is 12.8. The molecule has 2 aromatic carbocycles. The third-order valence-electron chi connectivity index (χ3n) is 4.00. The van der Waals surface area contributed by atoms with Gasteiger partial charge in [-0.1, -0.05) is 45.8 Å². The Balaban J connectivity index is 2.16. The molecule has 0 saturated carbocycles. The molecule has 2 rings (SSSR count). The second-order valence-corrected chi connectivity index (χ2v) is 6.88. The van der Waals surface area contributed by atoms with E-state index < -0.39 is 0 Å². The molecule has 0 aliphatic carbocycles. The third kappa shape index (κ3) is 4.42. The Morgan fingerprint density at radius 2 is 1.67 bits per heavy atom. The first-order valence-corrected chi connectivity index (χ1v) is 8.21. The van der Waals surface area contributed by atoms with Crippen LogP contribution in [0, 0.1) is 26.7 Å². The molecular formula is C19H23BrO. The van der Waals surface area contributed by atoms with Gasteiger partial charge in [-0.2, -0.15) is 0 Å². The van der Waals surface area contributed by atoms with Crippen LogP contribution < -0.4 is 0 Å². The Labute approximate surface area is 136 Å². The van der Waals surface area contributed by atoms with Gasteiger partial charge in [-0.15, -0.1) is 0 Å². The molecule has 0 heterocycles. The summed E-state index contributed by atoms with van der Waals surface area (Å²) in [6.45, 7) is 6.69. The van der Waals surface area contributed by atoms with Crippen molar-refractivity contribution in [3.8, 4) is 0 Å². The van der Waals surface area contributed by atoms with Crippen molar-refractivity contribution in [1.29, 1.82) is 0 Å². The van der Waals surface area contributed by atoms with E-state index in [1.807, 2.05) is 6.07 Å². The molecule has 0 saturated heterocycles. The molecule has 0 fully saturated rings. The van der Waals surface area contributed by atoms with Crippen LogP contribution >= 0.6 is 15.9 Å². The summed E-state index contributed by atoms with van der Waals surface area (Å²) in [6.07, 6.45) is 1.84. The zero-order valence-corrected chi connectivity index (χ0v) is 14.6. The molecule has 1 unspecified atom stereocenters. The van der Waals surface area contributed by atoms with Gasteiger partial charge in [0.1, 0.15) is 0 Å². The highest BCUT2D eigenvalue weighted by atomic mass is 79.9. The quantitative estimate of drug-likeness (QED) is 0.826. The number of rotatable bonds is 5. The van der Waals surface area contributed by atoms with Crippen molar-refractivity contribution in [1.82, 2.24) is 0 Å². The van der Waals surface area contributed by atoms with E-state index >= 15 is 0 Å². The van der Waals surface area contributed by atoms with Crippen LogP contribution in [0.2, 0.25) is 0 Å². The average molecular weight is 347 g/mol. The van der Waals surface area contributed by atoms with Gasteiger partial charge in [0.25, 0.3) is 0 Å². The van der Waals surface area contributed by atoms with E-state index in [0.717, 1.165) is 17.3 Å². The van der Waals surface area contributed by atoms with Crippen LogP contribution in [0.4, 0.5) is 0 Å². The summed E-state index contributed by atoms with van der Waals surface area (Å²) in [5.41, 5.74) is 6.63. The van der Waals surface area contributed by atoms with E-state index in [2.05, 4.69) is 67.0 Å². The van der Waals surface area contributed by atoms with Crippen LogP contribution in [-0.4, -0.2) is 11.7 Å². The van der Waals surface area contributed by atoms with Crippen LogP contribution in [0.5, 0.6) is 0 Å². The Morgan fingerprint density at radius 3 is 2.24 bits per heavy atom. The summed E-state index contributed by atoms with van der Waals surface area (Å²) in [5, 5.41) is 9.74. The van der Waals surface area contributed by atoms with Gasteiger partial charge in [0.2, 0.25) is 0 Å². The Bertz CT molecular complexity index is 596. The van der Waals surface area contributed by atoms with Crippen molar-refractivity contribution in [2.24, 2.45) is 5.92 Å². The van der Waals surface area contributed by atoms with Crippen molar-refractivity contribution in [2.45, 2.75) is 33.6 Å². The summed E-state index contributed by atoms with van der Waals surface area (Å²) in [5.74, 6) is 0.263. The van der Waals surface area contributed by atoms with Crippen molar-refractivity contribution in [3.63, 3.8) is 0 Å². The minimum absolute atomic E-state index is 0.221. The van der Waals surface area contributed by atoms with E-state index in [1.54, 1.807) is 0 Å². The number of aliphatic hydroxyl groups excluding tert-OH is 1. The lowest BCUT2D eigenvalue weighted by atomic mass is 9.88.